The van der Waals surface area contributed by atoms with Crippen LogP contribution in [0.25, 0.3) is 0 Å². The number of hydrogen-bond acceptors (Lipinski definition) is 2. The molecule has 0 saturated heterocycles. The molecule has 2 nitrogen and oxygen atoms in total. The Morgan fingerprint density at radius 1 is 0.972 bits per heavy atom. The van der Waals surface area contributed by atoms with Crippen molar-refractivity contribution < 1.29 is 8.99 Å². The largest absolute Gasteiger partial charge is 0.412 e. The summed E-state index contributed by atoms with van der Waals surface area (Å²) in [6.45, 7) is 17.0. The number of benzene rings is 1. The predicted molar refractivity (Wildman–Crippen MR) is 157 cm³/mol. The molecule has 4 aliphatic rings. The van der Waals surface area contributed by atoms with Crippen LogP contribution in [0, 0.1) is 35.0 Å². The molecule has 4 heteroatoms. The molecule has 1 aromatic rings. The highest BCUT2D eigenvalue weighted by atomic mass is 31.1. The number of rotatable bonds is 5. The number of allylic oxidation sites excluding steroid dienone is 2. The first-order valence-electron chi connectivity index (χ1n) is 14.8. The van der Waals surface area contributed by atoms with Gasteiger partial charge in [0.05, 0.1) is 5.60 Å². The lowest BCUT2D eigenvalue weighted by atomic mass is 9.49. The molecule has 0 heterocycles. The monoisotopic (exact) mass is 526 g/mol. The second kappa shape index (κ2) is 9.53. The van der Waals surface area contributed by atoms with Gasteiger partial charge in [0.25, 0.3) is 0 Å². The summed E-state index contributed by atoms with van der Waals surface area (Å²) in [5.41, 5.74) is 1.88. The second-order valence-electron chi connectivity index (χ2n) is 14.9. The summed E-state index contributed by atoms with van der Waals surface area (Å²) in [6.07, 6.45) is 13.9. The molecule has 1 unspecified atom stereocenters. The molecule has 8 atom stereocenters. The molecule has 200 valence electrons. The first-order valence-corrected chi connectivity index (χ1v) is 19.3. The predicted octanol–water partition coefficient (Wildman–Crippen LogP) is 8.84. The van der Waals surface area contributed by atoms with Crippen LogP contribution in [0.2, 0.25) is 18.1 Å². The zero-order chi connectivity index (χ0) is 25.9. The average Bonchev–Trinajstić information content (AvgIpc) is 3.14. The molecule has 3 fully saturated rings. The molecule has 1 aromatic carbocycles. The van der Waals surface area contributed by atoms with Gasteiger partial charge in [0.15, 0.2) is 8.32 Å². The first kappa shape index (κ1) is 27.0. The van der Waals surface area contributed by atoms with E-state index in [2.05, 4.69) is 65.9 Å². The van der Waals surface area contributed by atoms with Crippen LogP contribution in [0.4, 0.5) is 0 Å². The van der Waals surface area contributed by atoms with Crippen LogP contribution in [0.15, 0.2) is 42.0 Å². The van der Waals surface area contributed by atoms with E-state index in [1.807, 2.05) is 18.2 Å². The van der Waals surface area contributed by atoms with Crippen LogP contribution in [0.3, 0.4) is 0 Å². The Labute approximate surface area is 223 Å². The van der Waals surface area contributed by atoms with E-state index in [-0.39, 0.29) is 16.1 Å². The van der Waals surface area contributed by atoms with Gasteiger partial charge in [-0.05, 0) is 111 Å². The molecule has 0 bridgehead atoms. The summed E-state index contributed by atoms with van der Waals surface area (Å²) in [4.78, 5) is 0. The van der Waals surface area contributed by atoms with Gasteiger partial charge in [0, 0.05) is 11.5 Å². The minimum absolute atomic E-state index is 0.0756. The Bertz CT molecular complexity index is 1010. The van der Waals surface area contributed by atoms with Crippen LogP contribution in [0.5, 0.6) is 0 Å². The summed E-state index contributed by atoms with van der Waals surface area (Å²) in [6, 6.07) is 10.2. The number of hydrogen-bond donors (Lipinski definition) is 0. The molecule has 4 aliphatic carbocycles. The fraction of sp³-hybridized carbons (Fsp3) is 0.750. The Morgan fingerprint density at radius 3 is 2.36 bits per heavy atom. The van der Waals surface area contributed by atoms with Crippen molar-refractivity contribution in [3.05, 3.63) is 42.0 Å². The first-order chi connectivity index (χ1) is 16.8. The van der Waals surface area contributed by atoms with Gasteiger partial charge < -0.3 is 8.99 Å². The van der Waals surface area contributed by atoms with Crippen LogP contribution in [-0.2, 0) is 8.99 Å². The highest BCUT2D eigenvalue weighted by molar-refractivity contribution is 7.53. The van der Waals surface area contributed by atoms with Crippen molar-refractivity contribution in [1.82, 2.24) is 0 Å². The van der Waals surface area contributed by atoms with Gasteiger partial charge in [0.2, 0.25) is 0 Å². The lowest BCUT2D eigenvalue weighted by Gasteiger charge is -2.58. The Balaban J connectivity index is 1.25. The molecule has 0 radical (unpaired) electrons. The third-order valence-electron chi connectivity index (χ3n) is 11.7. The van der Waals surface area contributed by atoms with Gasteiger partial charge in [-0.25, -0.2) is 0 Å². The minimum atomic E-state index is -1.76. The van der Waals surface area contributed by atoms with Gasteiger partial charge in [-0.15, -0.1) is 0 Å². The minimum Gasteiger partial charge on any atom is -0.412 e. The molecular formula is C32H51O2PSi. The maximum atomic E-state index is 13.2. The zero-order valence-electron chi connectivity index (χ0n) is 24.0. The van der Waals surface area contributed by atoms with Crippen LogP contribution in [0.1, 0.15) is 86.0 Å². The molecule has 0 amide bonds. The van der Waals surface area contributed by atoms with Crippen molar-refractivity contribution in [2.24, 2.45) is 35.0 Å². The highest BCUT2D eigenvalue weighted by Gasteiger charge is 2.56. The van der Waals surface area contributed by atoms with Crippen LogP contribution >= 0.6 is 7.80 Å². The van der Waals surface area contributed by atoms with E-state index < -0.39 is 16.1 Å². The molecule has 0 aliphatic heterocycles. The Kier molecular flexibility index (Phi) is 7.13. The number of fused-ring (bicyclic) bond motifs is 5. The van der Waals surface area contributed by atoms with Gasteiger partial charge in [-0.3, -0.25) is 0 Å². The summed E-state index contributed by atoms with van der Waals surface area (Å²) >= 11 is 0. The van der Waals surface area contributed by atoms with E-state index in [9.17, 15) is 4.57 Å². The fourth-order valence-electron chi connectivity index (χ4n) is 8.76. The quantitative estimate of drug-likeness (QED) is 0.218. The molecule has 0 aromatic heterocycles. The summed E-state index contributed by atoms with van der Waals surface area (Å²) in [5, 5.41) is 1.33. The lowest BCUT2D eigenvalue weighted by molar-refractivity contribution is -0.0861. The Morgan fingerprint density at radius 2 is 1.67 bits per heavy atom. The van der Waals surface area contributed by atoms with Crippen molar-refractivity contribution in [2.45, 2.75) is 110 Å². The van der Waals surface area contributed by atoms with Crippen molar-refractivity contribution in [3.63, 3.8) is 0 Å². The molecule has 0 spiro atoms. The highest BCUT2D eigenvalue weighted by Crippen LogP contribution is 2.64. The van der Waals surface area contributed by atoms with Crippen molar-refractivity contribution in [2.75, 3.05) is 6.16 Å². The molecular weight excluding hydrogens is 475 g/mol. The SMILES string of the molecule is CC(C)(C)[Si](C)(C)O[C@]1(C)CC[C@H]2[C@H](CC[C@@H]3[C@@H]2CC[C@]2(C)C(C[PH](=O)c4ccccc4)=CC[C@@H]32)C1. The van der Waals surface area contributed by atoms with E-state index in [4.69, 9.17) is 4.43 Å². The van der Waals surface area contributed by atoms with Gasteiger partial charge in [-0.1, -0.05) is 69.7 Å². The molecule has 36 heavy (non-hydrogen) atoms. The topological polar surface area (TPSA) is 26.3 Å². The van der Waals surface area contributed by atoms with Crippen LogP contribution < -0.4 is 5.30 Å². The lowest BCUT2D eigenvalue weighted by Crippen LogP contribution is -2.54. The molecule has 3 saturated carbocycles. The average molecular weight is 527 g/mol. The van der Waals surface area contributed by atoms with E-state index in [1.54, 1.807) is 0 Å². The fourth-order valence-corrected chi connectivity index (χ4v) is 12.1. The molecule has 5 rings (SSSR count). The smallest absolute Gasteiger partial charge is 0.192 e. The van der Waals surface area contributed by atoms with Gasteiger partial charge in [-0.2, -0.15) is 0 Å². The summed E-state index contributed by atoms with van der Waals surface area (Å²) in [7, 11) is -3.51. The van der Waals surface area contributed by atoms with Crippen molar-refractivity contribution in [3.8, 4) is 0 Å². The third kappa shape index (κ3) is 4.80. The van der Waals surface area contributed by atoms with E-state index in [0.29, 0.717) is 0 Å². The van der Waals surface area contributed by atoms with Gasteiger partial charge >= 0.3 is 0 Å². The van der Waals surface area contributed by atoms with E-state index in [1.165, 1.54) is 56.9 Å². The summed E-state index contributed by atoms with van der Waals surface area (Å²) < 4.78 is 20.3. The third-order valence-corrected chi connectivity index (χ3v) is 18.0. The maximum absolute atomic E-state index is 13.2. The summed E-state index contributed by atoms with van der Waals surface area (Å²) in [5.74, 6) is 4.29. The maximum Gasteiger partial charge on any atom is 0.192 e. The normalized spacial score (nSPS) is 39.5. The second-order valence-corrected chi connectivity index (χ2v) is 21.4. The van der Waals surface area contributed by atoms with Crippen LogP contribution in [-0.4, -0.2) is 20.1 Å². The molecule has 0 N–H and O–H groups in total. The Hall–Kier alpha value is -0.633. The standard InChI is InChI=1S/C32H51O2PSi/c1-30(2,3)36(6,7)34-31(4)19-17-26-23(21-31)13-15-28-27(26)18-20-32(5)24(14-16-29(28)32)22-35(33)25-11-9-8-10-12-25/h8-12,14,23,26-29,35H,13,15-22H2,1-7H3/t23-,26+,27-,28-,29+,31-,32-/m1/s1. The van der Waals surface area contributed by atoms with E-state index in [0.717, 1.165) is 41.1 Å². The van der Waals surface area contributed by atoms with Gasteiger partial charge in [0.1, 0.15) is 7.80 Å². The van der Waals surface area contributed by atoms with Crippen molar-refractivity contribution >= 4 is 21.4 Å². The zero-order valence-corrected chi connectivity index (χ0v) is 26.0. The van der Waals surface area contributed by atoms with E-state index >= 15 is 0 Å². The van der Waals surface area contributed by atoms with Crippen molar-refractivity contribution in [1.29, 1.82) is 0 Å².